The van der Waals surface area contributed by atoms with Gasteiger partial charge >= 0.3 is 20.1 Å². The zero-order chi connectivity index (χ0) is 29.6. The number of benzene rings is 4. The first-order chi connectivity index (χ1) is 20.3. The van der Waals surface area contributed by atoms with Crippen LogP contribution in [0.5, 0.6) is 0 Å². The second-order valence-corrected chi connectivity index (χ2v) is 11.2. The first-order valence-electron chi connectivity index (χ1n) is 14.6. The molecule has 0 unspecified atom stereocenters. The zero-order valence-electron chi connectivity index (χ0n) is 25.7. The maximum Gasteiger partial charge on any atom is 3.00 e. The van der Waals surface area contributed by atoms with Crippen molar-refractivity contribution in [3.63, 3.8) is 0 Å². The van der Waals surface area contributed by atoms with Crippen LogP contribution in [-0.2, 0) is 20.1 Å². The van der Waals surface area contributed by atoms with E-state index in [-0.39, 0.29) is 20.1 Å². The average Bonchev–Trinajstić information content (AvgIpc) is 3.69. The van der Waals surface area contributed by atoms with Gasteiger partial charge in [0.15, 0.2) is 0 Å². The fourth-order valence-corrected chi connectivity index (χ4v) is 5.36. The van der Waals surface area contributed by atoms with Crippen LogP contribution in [-0.4, -0.2) is 9.55 Å². The Kier molecular flexibility index (Phi) is 10.7. The van der Waals surface area contributed by atoms with E-state index in [1.165, 1.54) is 33.6 Å². The van der Waals surface area contributed by atoms with Gasteiger partial charge in [0.25, 0.3) is 0 Å². The van der Waals surface area contributed by atoms with E-state index < -0.39 is 0 Å². The van der Waals surface area contributed by atoms with Crippen molar-refractivity contribution in [3.05, 3.63) is 144 Å². The molecule has 43 heavy (non-hydrogen) atoms. The van der Waals surface area contributed by atoms with E-state index in [0.29, 0.717) is 11.8 Å². The number of para-hydroxylation sites is 2. The first-order valence-corrected chi connectivity index (χ1v) is 14.6. The quantitative estimate of drug-likeness (QED) is 0.127. The third kappa shape index (κ3) is 7.13. The summed E-state index contributed by atoms with van der Waals surface area (Å²) in [7, 11) is 0. The number of hydrogen-bond acceptors (Lipinski definition) is 1. The molecule has 0 atom stereocenters. The Hall–Kier alpha value is -4.05. The van der Waals surface area contributed by atoms with Gasteiger partial charge in [0.2, 0.25) is 0 Å². The molecule has 2 aromatic heterocycles. The molecule has 0 aliphatic heterocycles. The van der Waals surface area contributed by atoms with E-state index in [4.69, 9.17) is 0 Å². The van der Waals surface area contributed by atoms with Gasteiger partial charge in [-0.1, -0.05) is 64.1 Å². The van der Waals surface area contributed by atoms with Crippen molar-refractivity contribution in [2.45, 2.75) is 53.4 Å². The van der Waals surface area contributed by atoms with E-state index >= 15 is 0 Å². The molecule has 4 aromatic carbocycles. The molecule has 5 heteroatoms. The number of rotatable bonds is 6. The molecule has 0 saturated heterocycles. The van der Waals surface area contributed by atoms with E-state index in [9.17, 15) is 0 Å². The maximum absolute atomic E-state index is 4.60. The van der Waals surface area contributed by atoms with Crippen LogP contribution in [0, 0.1) is 26.0 Å². The van der Waals surface area contributed by atoms with E-state index in [0.717, 1.165) is 22.6 Å². The standard InChI is InChI=1S/C21H23N2.C17H15N2.Ir/c1-15(2)18-11-8-12-19(16(3)4)20(18)23-14-13-22-21(23)17-9-6-5-7-10-17;1-13-7-6-8-14(2)17(13)19-11-16(18-12-19)15-9-4-3-5-10-15;/h5-9,11-16H,1-4H3;3-9,11-12H,1-2H3;/q2*-1;+3. The van der Waals surface area contributed by atoms with Crippen LogP contribution in [0.25, 0.3) is 34.0 Å². The summed E-state index contributed by atoms with van der Waals surface area (Å²) in [4.78, 5) is 9.07. The van der Waals surface area contributed by atoms with Gasteiger partial charge in [-0.3, -0.25) is 9.97 Å². The SMILES string of the molecule is CC(C)c1cccc(C(C)C)c1-n1ccnc1-c1[c-]cccc1.Cc1cccc(C)c1-[n+]1c[n-]c(-c2[c-]cccc2)c1.[Ir+3]. The van der Waals surface area contributed by atoms with E-state index in [1.54, 1.807) is 0 Å². The van der Waals surface area contributed by atoms with Crippen LogP contribution in [0.1, 0.15) is 61.8 Å². The van der Waals surface area contributed by atoms with Crippen molar-refractivity contribution in [1.29, 1.82) is 0 Å². The summed E-state index contributed by atoms with van der Waals surface area (Å²) in [5.74, 6) is 1.86. The van der Waals surface area contributed by atoms with Gasteiger partial charge in [-0.2, -0.15) is 0 Å². The molecule has 0 fully saturated rings. The Balaban J connectivity index is 0.000000195. The van der Waals surface area contributed by atoms with Crippen molar-refractivity contribution >= 4 is 0 Å². The molecule has 218 valence electrons. The normalized spacial score (nSPS) is 10.8. The summed E-state index contributed by atoms with van der Waals surface area (Å²) in [6.07, 6.45) is 7.85. The van der Waals surface area contributed by atoms with Crippen LogP contribution >= 0.6 is 0 Å². The van der Waals surface area contributed by atoms with Gasteiger partial charge in [0.1, 0.15) is 0 Å². The Morgan fingerprint density at radius 1 is 0.744 bits per heavy atom. The summed E-state index contributed by atoms with van der Waals surface area (Å²) < 4.78 is 4.30. The summed E-state index contributed by atoms with van der Waals surface area (Å²) >= 11 is 0. The Bertz CT molecular complexity index is 1700. The van der Waals surface area contributed by atoms with Gasteiger partial charge < -0.3 is 9.13 Å². The molecule has 6 rings (SSSR count). The minimum Gasteiger partial charge on any atom is -0.340 e. The van der Waals surface area contributed by atoms with Crippen molar-refractivity contribution in [2.75, 3.05) is 0 Å². The number of aromatic nitrogens is 4. The Morgan fingerprint density at radius 3 is 1.88 bits per heavy atom. The topological polar surface area (TPSA) is 35.8 Å². The van der Waals surface area contributed by atoms with Crippen LogP contribution in [0.3, 0.4) is 0 Å². The second kappa shape index (κ2) is 14.4. The van der Waals surface area contributed by atoms with Crippen LogP contribution in [0.4, 0.5) is 0 Å². The van der Waals surface area contributed by atoms with Crippen LogP contribution in [0.2, 0.25) is 0 Å². The molecule has 0 bridgehead atoms. The maximum atomic E-state index is 4.60. The van der Waals surface area contributed by atoms with Crippen molar-refractivity contribution < 1.29 is 24.7 Å². The van der Waals surface area contributed by atoms with Crippen molar-refractivity contribution in [3.8, 4) is 34.0 Å². The predicted molar refractivity (Wildman–Crippen MR) is 171 cm³/mol. The molecule has 0 amide bonds. The third-order valence-electron chi connectivity index (χ3n) is 7.44. The van der Waals surface area contributed by atoms with Gasteiger partial charge in [0, 0.05) is 23.8 Å². The fourth-order valence-electron chi connectivity index (χ4n) is 5.36. The minimum absolute atomic E-state index is 0. The molecular weight excluding hydrogens is 705 g/mol. The van der Waals surface area contributed by atoms with E-state index in [2.05, 4.69) is 128 Å². The third-order valence-corrected chi connectivity index (χ3v) is 7.44. The number of aryl methyl sites for hydroxylation is 2. The first kappa shape index (κ1) is 31.9. The van der Waals surface area contributed by atoms with Gasteiger partial charge in [-0.15, -0.1) is 71.8 Å². The molecule has 0 radical (unpaired) electrons. The molecule has 0 aliphatic carbocycles. The molecule has 0 N–H and O–H groups in total. The summed E-state index contributed by atoms with van der Waals surface area (Å²) in [6, 6.07) is 35.4. The number of nitrogens with zero attached hydrogens (tertiary/aromatic N) is 4. The average molecular weight is 743 g/mol. The van der Waals surface area contributed by atoms with Gasteiger partial charge in [0.05, 0.1) is 17.8 Å². The molecule has 2 heterocycles. The minimum atomic E-state index is 0. The summed E-state index contributed by atoms with van der Waals surface area (Å²) in [6.45, 7) is 13.2. The Morgan fingerprint density at radius 2 is 1.33 bits per heavy atom. The monoisotopic (exact) mass is 743 g/mol. The molecular formula is C38H38IrN4+. The zero-order valence-corrected chi connectivity index (χ0v) is 28.1. The van der Waals surface area contributed by atoms with Gasteiger partial charge in [-0.05, 0) is 54.1 Å². The smallest absolute Gasteiger partial charge is 0.340 e. The fraction of sp³-hybridized carbons (Fsp3) is 0.211. The molecule has 0 aliphatic rings. The van der Waals surface area contributed by atoms with Crippen LogP contribution < -0.4 is 9.55 Å². The molecule has 0 spiro atoms. The van der Waals surface area contributed by atoms with Crippen molar-refractivity contribution in [1.82, 2.24) is 14.5 Å². The molecule has 6 aromatic rings. The second-order valence-electron chi connectivity index (χ2n) is 11.2. The van der Waals surface area contributed by atoms with Crippen molar-refractivity contribution in [2.24, 2.45) is 0 Å². The largest absolute Gasteiger partial charge is 3.00 e. The van der Waals surface area contributed by atoms with E-state index in [1.807, 2.05) is 55.0 Å². The predicted octanol–water partition coefficient (Wildman–Crippen LogP) is 8.59. The summed E-state index contributed by atoms with van der Waals surface area (Å²) in [5.41, 5.74) is 10.7. The van der Waals surface area contributed by atoms with Crippen LogP contribution in [0.15, 0.2) is 110 Å². The summed E-state index contributed by atoms with van der Waals surface area (Å²) in [5, 5.41) is 0. The van der Waals surface area contributed by atoms with Gasteiger partial charge in [-0.25, -0.2) is 0 Å². The molecule has 4 nitrogen and oxygen atoms in total. The Labute approximate surface area is 269 Å². The number of hydrogen-bond donors (Lipinski definition) is 0. The molecule has 0 saturated carbocycles. The number of imidazole rings is 2.